The number of halogens is 1. The van der Waals surface area contributed by atoms with Crippen molar-refractivity contribution in [2.75, 3.05) is 10.2 Å². The average Bonchev–Trinajstić information content (AvgIpc) is 2.68. The van der Waals surface area contributed by atoms with Crippen LogP contribution >= 0.6 is 11.6 Å². The van der Waals surface area contributed by atoms with Crippen LogP contribution in [0.2, 0.25) is 5.02 Å². The molecule has 5 heteroatoms. The number of rotatable bonds is 4. The Hall–Kier alpha value is -2.77. The van der Waals surface area contributed by atoms with Crippen LogP contribution in [-0.4, -0.2) is 17.5 Å². The number of nitriles is 1. The Labute approximate surface area is 190 Å². The smallest absolute Gasteiger partial charge is 0.266 e. The van der Waals surface area contributed by atoms with Crippen molar-refractivity contribution in [2.24, 2.45) is 0 Å². The number of carbonyl (C=O) groups excluding carboxylic acids is 1. The fourth-order valence-electron chi connectivity index (χ4n) is 4.77. The average molecular weight is 436 g/mol. The zero-order chi connectivity index (χ0) is 22.9. The number of hydrogen-bond acceptors (Lipinski definition) is 3. The van der Waals surface area contributed by atoms with Crippen LogP contribution in [0.5, 0.6) is 0 Å². The maximum absolute atomic E-state index is 12.7. The summed E-state index contributed by atoms with van der Waals surface area (Å²) in [6.07, 6.45) is 2.70. The lowest BCUT2D eigenvalue weighted by molar-refractivity contribution is -0.112. The number of anilines is 2. The molecule has 0 spiro atoms. The first-order valence-electron chi connectivity index (χ1n) is 10.7. The molecule has 0 fully saturated rings. The summed E-state index contributed by atoms with van der Waals surface area (Å²) in [4.78, 5) is 15.2. The van der Waals surface area contributed by atoms with E-state index in [-0.39, 0.29) is 11.1 Å². The maximum Gasteiger partial charge on any atom is 0.266 e. The molecule has 1 N–H and O–H groups in total. The van der Waals surface area contributed by atoms with Gasteiger partial charge in [0, 0.05) is 28.0 Å². The molecular formula is C26H30ClN3O. The van der Waals surface area contributed by atoms with Crippen LogP contribution in [-0.2, 0) is 4.79 Å². The lowest BCUT2D eigenvalue weighted by Crippen LogP contribution is -2.51. The summed E-state index contributed by atoms with van der Waals surface area (Å²) in [5.41, 5.74) is 4.96. The van der Waals surface area contributed by atoms with Gasteiger partial charge in [0.05, 0.1) is 0 Å². The maximum atomic E-state index is 12.7. The third kappa shape index (κ3) is 4.78. The molecule has 31 heavy (non-hydrogen) atoms. The highest BCUT2D eigenvalue weighted by atomic mass is 35.5. The second-order valence-electron chi connectivity index (χ2n) is 9.28. The van der Waals surface area contributed by atoms with Crippen LogP contribution < -0.4 is 10.2 Å². The van der Waals surface area contributed by atoms with E-state index in [4.69, 9.17) is 11.6 Å². The molecule has 0 aliphatic carbocycles. The van der Waals surface area contributed by atoms with Crippen molar-refractivity contribution in [3.05, 3.63) is 63.7 Å². The predicted octanol–water partition coefficient (Wildman–Crippen LogP) is 6.69. The predicted molar refractivity (Wildman–Crippen MR) is 130 cm³/mol. The van der Waals surface area contributed by atoms with Gasteiger partial charge in [-0.15, -0.1) is 0 Å². The second kappa shape index (κ2) is 8.77. The van der Waals surface area contributed by atoms with Gasteiger partial charge in [-0.25, -0.2) is 0 Å². The summed E-state index contributed by atoms with van der Waals surface area (Å²) < 4.78 is 0. The molecule has 1 heterocycles. The van der Waals surface area contributed by atoms with Crippen molar-refractivity contribution in [1.29, 1.82) is 5.26 Å². The molecule has 0 bridgehead atoms. The van der Waals surface area contributed by atoms with E-state index >= 15 is 0 Å². The van der Waals surface area contributed by atoms with Gasteiger partial charge in [0.2, 0.25) is 0 Å². The summed E-state index contributed by atoms with van der Waals surface area (Å²) in [6.45, 7) is 13.1. The number of carbonyl (C=O) groups is 1. The van der Waals surface area contributed by atoms with Crippen molar-refractivity contribution in [2.45, 2.75) is 65.5 Å². The summed E-state index contributed by atoms with van der Waals surface area (Å²) in [7, 11) is 0. The Balaban J connectivity index is 1.94. The highest BCUT2D eigenvalue weighted by Crippen LogP contribution is 2.44. The summed E-state index contributed by atoms with van der Waals surface area (Å²) in [5.74, 6) is -0.0506. The minimum absolute atomic E-state index is 0.0591. The molecule has 4 nitrogen and oxygen atoms in total. The molecule has 0 saturated heterocycles. The second-order valence-corrected chi connectivity index (χ2v) is 9.72. The lowest BCUT2D eigenvalue weighted by atomic mass is 9.79. The third-order valence-corrected chi connectivity index (χ3v) is 6.18. The molecular weight excluding hydrogens is 406 g/mol. The van der Waals surface area contributed by atoms with E-state index in [1.54, 1.807) is 18.2 Å². The Kier molecular flexibility index (Phi) is 6.48. The van der Waals surface area contributed by atoms with Crippen molar-refractivity contribution < 1.29 is 4.79 Å². The fourth-order valence-corrected chi connectivity index (χ4v) is 4.94. The quantitative estimate of drug-likeness (QED) is 0.429. The molecule has 0 radical (unpaired) electrons. The molecule has 2 aromatic carbocycles. The van der Waals surface area contributed by atoms with Crippen LogP contribution in [0, 0.1) is 18.3 Å². The summed E-state index contributed by atoms with van der Waals surface area (Å²) in [6, 6.07) is 13.9. The molecule has 0 saturated carbocycles. The Morgan fingerprint density at radius 3 is 2.65 bits per heavy atom. The van der Waals surface area contributed by atoms with E-state index in [1.807, 2.05) is 25.1 Å². The zero-order valence-corrected chi connectivity index (χ0v) is 19.8. The SMILES string of the molecule is Cc1ccc(Cl)cc1NC(=O)/C(C#N)=C\c1ccc2c(c1)[C@@H](C)CC(C)(C)N2C(C)C. The van der Waals surface area contributed by atoms with Gasteiger partial charge in [0.15, 0.2) is 0 Å². The van der Waals surface area contributed by atoms with Crippen LogP contribution in [0.25, 0.3) is 6.08 Å². The highest BCUT2D eigenvalue weighted by molar-refractivity contribution is 6.31. The van der Waals surface area contributed by atoms with Crippen molar-refractivity contribution in [3.63, 3.8) is 0 Å². The number of amides is 1. The van der Waals surface area contributed by atoms with E-state index in [2.05, 4.69) is 57.0 Å². The molecule has 162 valence electrons. The third-order valence-electron chi connectivity index (χ3n) is 5.94. The highest BCUT2D eigenvalue weighted by Gasteiger charge is 2.37. The molecule has 2 aromatic rings. The number of hydrogen-bond donors (Lipinski definition) is 1. The van der Waals surface area contributed by atoms with Gasteiger partial charge >= 0.3 is 0 Å². The van der Waals surface area contributed by atoms with Gasteiger partial charge in [0.1, 0.15) is 11.6 Å². The van der Waals surface area contributed by atoms with Crippen LogP contribution in [0.3, 0.4) is 0 Å². The number of nitrogens with one attached hydrogen (secondary N) is 1. The molecule has 0 unspecified atom stereocenters. The van der Waals surface area contributed by atoms with Crippen molar-refractivity contribution >= 4 is 35.0 Å². The minimum Gasteiger partial charge on any atom is -0.364 e. The minimum atomic E-state index is -0.441. The Morgan fingerprint density at radius 1 is 1.29 bits per heavy atom. The standard InChI is InChI=1S/C26H30ClN3O/c1-16(2)30-24-10-8-19(12-22(24)18(4)14-26(30,5)6)11-20(15-28)25(31)29-23-13-21(27)9-7-17(23)3/h7-13,16,18H,14H2,1-6H3,(H,29,31)/b20-11-/t18-/m0/s1. The largest absolute Gasteiger partial charge is 0.364 e. The van der Waals surface area contributed by atoms with Crippen LogP contribution in [0.1, 0.15) is 63.6 Å². The molecule has 1 aliphatic rings. The summed E-state index contributed by atoms with van der Waals surface area (Å²) >= 11 is 6.04. The van der Waals surface area contributed by atoms with Gasteiger partial charge in [-0.2, -0.15) is 5.26 Å². The first kappa shape index (κ1) is 22.9. The number of nitrogens with zero attached hydrogens (tertiary/aromatic N) is 2. The van der Waals surface area contributed by atoms with E-state index in [1.165, 1.54) is 11.3 Å². The van der Waals surface area contributed by atoms with Gasteiger partial charge in [0.25, 0.3) is 5.91 Å². The zero-order valence-electron chi connectivity index (χ0n) is 19.1. The van der Waals surface area contributed by atoms with E-state index in [0.29, 0.717) is 22.7 Å². The van der Waals surface area contributed by atoms with E-state index in [0.717, 1.165) is 17.5 Å². The van der Waals surface area contributed by atoms with Gasteiger partial charge in [-0.3, -0.25) is 4.79 Å². The molecule has 3 rings (SSSR count). The van der Waals surface area contributed by atoms with Crippen molar-refractivity contribution in [3.8, 4) is 6.07 Å². The molecule has 1 amide bonds. The fraction of sp³-hybridized carbons (Fsp3) is 0.385. The summed E-state index contributed by atoms with van der Waals surface area (Å²) in [5, 5.41) is 13.0. The first-order chi connectivity index (χ1) is 14.5. The Morgan fingerprint density at radius 2 is 2.00 bits per heavy atom. The molecule has 1 atom stereocenters. The normalized spacial score (nSPS) is 17.8. The molecule has 0 aromatic heterocycles. The van der Waals surface area contributed by atoms with Crippen molar-refractivity contribution in [1.82, 2.24) is 0 Å². The Bertz CT molecular complexity index is 1080. The van der Waals surface area contributed by atoms with Crippen LogP contribution in [0.15, 0.2) is 42.0 Å². The first-order valence-corrected chi connectivity index (χ1v) is 11.0. The molecule has 1 aliphatic heterocycles. The number of fused-ring (bicyclic) bond motifs is 1. The number of aryl methyl sites for hydroxylation is 1. The van der Waals surface area contributed by atoms with E-state index < -0.39 is 5.91 Å². The van der Waals surface area contributed by atoms with E-state index in [9.17, 15) is 10.1 Å². The van der Waals surface area contributed by atoms with Gasteiger partial charge < -0.3 is 10.2 Å². The van der Waals surface area contributed by atoms with Crippen LogP contribution in [0.4, 0.5) is 11.4 Å². The lowest BCUT2D eigenvalue weighted by Gasteiger charge is -2.50. The van der Waals surface area contributed by atoms with Gasteiger partial charge in [-0.1, -0.05) is 30.7 Å². The topological polar surface area (TPSA) is 56.1 Å². The van der Waals surface area contributed by atoms with Gasteiger partial charge in [-0.05, 0) is 94.0 Å². The monoisotopic (exact) mass is 435 g/mol. The number of benzene rings is 2.